The molecule has 2 unspecified atom stereocenters. The number of benzene rings is 4. The van der Waals surface area contributed by atoms with E-state index in [1.54, 1.807) is 42.5 Å². The number of ketones is 1. The van der Waals surface area contributed by atoms with Gasteiger partial charge in [-0.15, -0.1) is 0 Å². The number of nitrogens with two attached hydrogens (primary N) is 1. The lowest BCUT2D eigenvalue weighted by molar-refractivity contribution is -0.137. The summed E-state index contributed by atoms with van der Waals surface area (Å²) in [5.41, 5.74) is 9.54. The van der Waals surface area contributed by atoms with Crippen LogP contribution in [0.25, 0.3) is 10.8 Å². The van der Waals surface area contributed by atoms with Crippen LogP contribution in [0.3, 0.4) is 0 Å². The number of hydrogen-bond donors (Lipinski definition) is 3. The Morgan fingerprint density at radius 2 is 1.69 bits per heavy atom. The molecule has 39 heavy (non-hydrogen) atoms. The van der Waals surface area contributed by atoms with Crippen LogP contribution in [0.5, 0.6) is 5.75 Å². The van der Waals surface area contributed by atoms with Crippen LogP contribution in [0.15, 0.2) is 84.9 Å². The number of carbonyl (C=O) groups excluding carboxylic acids is 2. The van der Waals surface area contributed by atoms with E-state index in [-0.39, 0.29) is 18.1 Å². The van der Waals surface area contributed by atoms with Gasteiger partial charge in [0.2, 0.25) is 5.91 Å². The Hall–Kier alpha value is -4.49. The number of Topliss-reactive ketones (excluding diaryl/α,β-unsaturated/α-hetero) is 1. The molecule has 4 aromatic carbocycles. The summed E-state index contributed by atoms with van der Waals surface area (Å²) in [6, 6.07) is 24.9. The molecule has 7 heteroatoms. The highest BCUT2D eigenvalue weighted by Gasteiger charge is 2.22. The molecule has 0 radical (unpaired) electrons. The SMILES string of the molecule is COc1cccc(C(=O)C(N)c2ccc(CCCC(=O)O)c(NC(=O)C(C)c3cccc4ccccc34)c2)c1. The van der Waals surface area contributed by atoms with E-state index in [0.29, 0.717) is 35.4 Å². The minimum atomic E-state index is -0.962. The van der Waals surface area contributed by atoms with Crippen LogP contribution in [0.2, 0.25) is 0 Å². The number of carboxylic acids is 1. The number of carbonyl (C=O) groups is 3. The summed E-state index contributed by atoms with van der Waals surface area (Å²) >= 11 is 0. The molecule has 0 aliphatic carbocycles. The summed E-state index contributed by atoms with van der Waals surface area (Å²) in [7, 11) is 1.53. The second-order valence-electron chi connectivity index (χ2n) is 9.52. The van der Waals surface area contributed by atoms with Gasteiger partial charge in [0.25, 0.3) is 0 Å². The van der Waals surface area contributed by atoms with E-state index in [1.807, 2.05) is 49.4 Å². The molecule has 4 rings (SSSR count). The first-order valence-corrected chi connectivity index (χ1v) is 12.9. The first-order valence-electron chi connectivity index (χ1n) is 12.9. The van der Waals surface area contributed by atoms with Gasteiger partial charge in [-0.1, -0.05) is 66.7 Å². The van der Waals surface area contributed by atoms with Crippen LogP contribution in [0.4, 0.5) is 5.69 Å². The van der Waals surface area contributed by atoms with Gasteiger partial charge in [-0.25, -0.2) is 0 Å². The van der Waals surface area contributed by atoms with E-state index in [2.05, 4.69) is 5.32 Å². The number of rotatable bonds is 11. The molecule has 7 nitrogen and oxygen atoms in total. The highest BCUT2D eigenvalue weighted by Crippen LogP contribution is 2.29. The Morgan fingerprint density at radius 1 is 0.949 bits per heavy atom. The van der Waals surface area contributed by atoms with E-state index in [4.69, 9.17) is 15.6 Å². The van der Waals surface area contributed by atoms with E-state index in [0.717, 1.165) is 21.9 Å². The van der Waals surface area contributed by atoms with Crippen LogP contribution in [-0.2, 0) is 16.0 Å². The first-order chi connectivity index (χ1) is 18.8. The maximum absolute atomic E-state index is 13.5. The van der Waals surface area contributed by atoms with Crippen LogP contribution >= 0.6 is 0 Å². The van der Waals surface area contributed by atoms with Gasteiger partial charge in [0.05, 0.1) is 19.1 Å². The summed E-state index contributed by atoms with van der Waals surface area (Å²) in [5.74, 6) is -1.28. The van der Waals surface area contributed by atoms with Gasteiger partial charge < -0.3 is 20.9 Å². The number of methoxy groups -OCH3 is 1. The van der Waals surface area contributed by atoms with Crippen molar-refractivity contribution >= 4 is 34.1 Å². The predicted molar refractivity (Wildman–Crippen MR) is 152 cm³/mol. The molecule has 0 aromatic heterocycles. The predicted octanol–water partition coefficient (Wildman–Crippen LogP) is 5.88. The third-order valence-corrected chi connectivity index (χ3v) is 6.91. The Kier molecular flexibility index (Phi) is 8.74. The Morgan fingerprint density at radius 3 is 2.46 bits per heavy atom. The normalized spacial score (nSPS) is 12.5. The Labute approximate surface area is 227 Å². The van der Waals surface area contributed by atoms with Crippen molar-refractivity contribution in [1.29, 1.82) is 0 Å². The monoisotopic (exact) mass is 524 g/mol. The number of nitrogens with one attached hydrogen (secondary N) is 1. The average Bonchev–Trinajstić information content (AvgIpc) is 2.96. The smallest absolute Gasteiger partial charge is 0.303 e. The molecule has 0 fully saturated rings. The molecule has 0 spiro atoms. The number of amides is 1. The summed E-state index contributed by atoms with van der Waals surface area (Å²) < 4.78 is 5.23. The van der Waals surface area contributed by atoms with Crippen molar-refractivity contribution in [2.24, 2.45) is 5.73 Å². The maximum atomic E-state index is 13.5. The minimum absolute atomic E-state index is 0.00931. The fourth-order valence-corrected chi connectivity index (χ4v) is 4.67. The molecule has 2 atom stereocenters. The summed E-state index contributed by atoms with van der Waals surface area (Å²) in [6.45, 7) is 1.85. The molecule has 0 aliphatic rings. The molecule has 4 aromatic rings. The number of carboxylic acid groups (broad SMARTS) is 1. The number of ether oxygens (including phenoxy) is 1. The van der Waals surface area contributed by atoms with Crippen molar-refractivity contribution < 1.29 is 24.2 Å². The third-order valence-electron chi connectivity index (χ3n) is 6.91. The zero-order valence-electron chi connectivity index (χ0n) is 22.0. The quantitative estimate of drug-likeness (QED) is 0.211. The fourth-order valence-electron chi connectivity index (χ4n) is 4.67. The van der Waals surface area contributed by atoms with Gasteiger partial charge in [0, 0.05) is 17.7 Å². The highest BCUT2D eigenvalue weighted by molar-refractivity contribution is 6.02. The Bertz CT molecular complexity index is 1510. The second-order valence-corrected chi connectivity index (χ2v) is 9.52. The largest absolute Gasteiger partial charge is 0.497 e. The summed E-state index contributed by atoms with van der Waals surface area (Å²) in [5, 5.41) is 14.2. The van der Waals surface area contributed by atoms with E-state index < -0.39 is 17.9 Å². The lowest BCUT2D eigenvalue weighted by atomic mass is 9.93. The van der Waals surface area contributed by atoms with Gasteiger partial charge in [-0.2, -0.15) is 0 Å². The van der Waals surface area contributed by atoms with Crippen LogP contribution in [0, 0.1) is 0 Å². The molecule has 0 saturated heterocycles. The van der Waals surface area contributed by atoms with Gasteiger partial charge >= 0.3 is 5.97 Å². The highest BCUT2D eigenvalue weighted by atomic mass is 16.5. The lowest BCUT2D eigenvalue weighted by Gasteiger charge is -2.19. The standard InChI is InChI=1S/C32H32N2O5/c1-20(26-14-6-9-21-8-3-4-13-27(21)26)32(38)34-28-19-23(17-16-22(28)10-7-15-29(35)36)30(33)31(37)24-11-5-12-25(18-24)39-2/h3-6,8-9,11-14,16-20,30H,7,10,15,33H2,1-2H3,(H,34,38)(H,35,36). The first kappa shape index (κ1) is 27.5. The minimum Gasteiger partial charge on any atom is -0.497 e. The number of fused-ring (bicyclic) bond motifs is 1. The summed E-state index contributed by atoms with van der Waals surface area (Å²) in [4.78, 5) is 37.7. The molecule has 4 N–H and O–H groups in total. The molecule has 0 aliphatic heterocycles. The van der Waals surface area contributed by atoms with E-state index in [1.165, 1.54) is 7.11 Å². The number of hydrogen-bond acceptors (Lipinski definition) is 5. The van der Waals surface area contributed by atoms with E-state index in [9.17, 15) is 14.4 Å². The van der Waals surface area contributed by atoms with Gasteiger partial charge in [0.15, 0.2) is 5.78 Å². The van der Waals surface area contributed by atoms with Crippen molar-refractivity contribution in [3.05, 3.63) is 107 Å². The summed E-state index contributed by atoms with van der Waals surface area (Å²) in [6.07, 6.45) is 0.866. The topological polar surface area (TPSA) is 119 Å². The maximum Gasteiger partial charge on any atom is 0.303 e. The van der Waals surface area contributed by atoms with Crippen molar-refractivity contribution in [2.75, 3.05) is 12.4 Å². The van der Waals surface area contributed by atoms with Crippen LogP contribution < -0.4 is 15.8 Å². The second kappa shape index (κ2) is 12.4. The lowest BCUT2D eigenvalue weighted by Crippen LogP contribution is -2.23. The van der Waals surface area contributed by atoms with Gasteiger partial charge in [-0.3, -0.25) is 14.4 Å². The van der Waals surface area contributed by atoms with Crippen LogP contribution in [0.1, 0.15) is 58.8 Å². The molecule has 200 valence electrons. The van der Waals surface area contributed by atoms with Crippen molar-refractivity contribution in [3.63, 3.8) is 0 Å². The molecule has 0 bridgehead atoms. The molecular weight excluding hydrogens is 492 g/mol. The van der Waals surface area contributed by atoms with Gasteiger partial charge in [-0.05, 0) is 65.4 Å². The van der Waals surface area contributed by atoms with Crippen molar-refractivity contribution in [2.45, 2.75) is 38.1 Å². The zero-order chi connectivity index (χ0) is 27.9. The van der Waals surface area contributed by atoms with Crippen molar-refractivity contribution in [3.8, 4) is 5.75 Å². The van der Waals surface area contributed by atoms with Gasteiger partial charge in [0.1, 0.15) is 5.75 Å². The van der Waals surface area contributed by atoms with E-state index >= 15 is 0 Å². The number of aryl methyl sites for hydroxylation is 1. The van der Waals surface area contributed by atoms with Crippen molar-refractivity contribution in [1.82, 2.24) is 0 Å². The number of aliphatic carboxylic acids is 1. The Balaban J connectivity index is 1.63. The van der Waals surface area contributed by atoms with Crippen LogP contribution in [-0.4, -0.2) is 29.9 Å². The average molecular weight is 525 g/mol. The molecule has 0 heterocycles. The zero-order valence-corrected chi connectivity index (χ0v) is 22.0. The molecule has 1 amide bonds. The number of anilines is 1. The molecule has 0 saturated carbocycles. The fraction of sp³-hybridized carbons (Fsp3) is 0.219. The third kappa shape index (κ3) is 6.51. The molecular formula is C32H32N2O5.